The first kappa shape index (κ1) is 98.2. The third-order valence-corrected chi connectivity index (χ3v) is 10.8. The molecule has 438 valence electrons. The standard InChI is InChI=1S/2C8H18.C7H16.4C6H14.3C5H12.C4H10.C3H8/c1-5-7-8(3,4)6-2;1-3-5-7-8-6-4-2;1-3-5-7-6-4-2;1-5-6(2,3)4;1-4-5-6(2)3;1-4-6(3)5-2;1-3-5-6-4-2;1-5(2,3)4;1-4-5(2)3;1-3-5-4-2;1-3-4-2;1-3-2/h5-7H2,1-4H3;3-8H2,1-2H3;3-7H2,1-2H3;5H2,1-4H3;2*6H,4-5H2,1-3H3;3-6H2,1-2H3;1-4H3;5H,4H2,1-3H3;3-5H2,1-2H3;3-4H2,1-2H3;3H2,1-2H3. The van der Waals surface area contributed by atoms with Crippen LogP contribution in [0.1, 0.15) is 421 Å². The monoisotopic (exact) mass is 991 g/mol. The highest BCUT2D eigenvalue weighted by atomic mass is 14.2. The predicted molar refractivity (Wildman–Crippen MR) is 344 cm³/mol. The Balaban J connectivity index is -0.0000000517. The maximum Gasteiger partial charge on any atom is -0.0357 e. The second-order valence-corrected chi connectivity index (χ2v) is 24.3. The van der Waals surface area contributed by atoms with Gasteiger partial charge in [0, 0.05) is 0 Å². The Hall–Kier alpha value is 0. The Morgan fingerprint density at radius 2 is 0.507 bits per heavy atom. The first-order chi connectivity index (χ1) is 32.0. The Morgan fingerprint density at radius 1 is 0.275 bits per heavy atom. The molecule has 0 saturated heterocycles. The van der Waals surface area contributed by atoms with Crippen molar-refractivity contribution < 1.29 is 0 Å². The van der Waals surface area contributed by atoms with Gasteiger partial charge in [-0.2, -0.15) is 0 Å². The molecule has 0 radical (unpaired) electrons. The topological polar surface area (TPSA) is 0 Å². The van der Waals surface area contributed by atoms with E-state index >= 15 is 0 Å². The van der Waals surface area contributed by atoms with Crippen LogP contribution in [0.2, 0.25) is 0 Å². The normalized spacial score (nSPS) is 9.91. The summed E-state index contributed by atoms with van der Waals surface area (Å²) in [5.41, 5.74) is 1.63. The highest BCUT2D eigenvalue weighted by Gasteiger charge is 2.12. The van der Waals surface area contributed by atoms with Gasteiger partial charge in [-0.1, -0.05) is 415 Å². The van der Waals surface area contributed by atoms with Crippen molar-refractivity contribution in [2.75, 3.05) is 0 Å². The van der Waals surface area contributed by atoms with Crippen LogP contribution >= 0.6 is 0 Å². The van der Waals surface area contributed by atoms with Crippen LogP contribution in [0.3, 0.4) is 0 Å². The zero-order valence-corrected chi connectivity index (χ0v) is 57.4. The molecule has 0 nitrogen and oxygen atoms in total. The van der Waals surface area contributed by atoms with Gasteiger partial charge in [0.15, 0.2) is 0 Å². The van der Waals surface area contributed by atoms with Crippen molar-refractivity contribution >= 4 is 0 Å². The minimum atomic E-state index is 0.500. The summed E-state index contributed by atoms with van der Waals surface area (Å²) >= 11 is 0. The largest absolute Gasteiger partial charge is 0.0656 e. The molecule has 0 aromatic carbocycles. The zero-order valence-electron chi connectivity index (χ0n) is 57.4. The van der Waals surface area contributed by atoms with Crippen LogP contribution in [0, 0.1) is 34.0 Å². The summed E-state index contributed by atoms with van der Waals surface area (Å²) in [7, 11) is 0. The highest BCUT2D eigenvalue weighted by Crippen LogP contribution is 2.25. The number of hydrogen-bond acceptors (Lipinski definition) is 0. The van der Waals surface area contributed by atoms with Crippen LogP contribution < -0.4 is 0 Å². The number of rotatable bonds is 23. The van der Waals surface area contributed by atoms with E-state index in [1.54, 1.807) is 0 Å². The molecule has 0 atom stereocenters. The van der Waals surface area contributed by atoms with Crippen molar-refractivity contribution in [3.63, 3.8) is 0 Å². The van der Waals surface area contributed by atoms with Crippen LogP contribution in [0.25, 0.3) is 0 Å². The van der Waals surface area contributed by atoms with Gasteiger partial charge in [0.25, 0.3) is 0 Å². The molecule has 0 heterocycles. The fraction of sp³-hybridized carbons (Fsp3) is 1.00. The smallest absolute Gasteiger partial charge is 0.0357 e. The number of hydrogen-bond donors (Lipinski definition) is 0. The highest BCUT2D eigenvalue weighted by molar-refractivity contribution is 4.64. The summed E-state index contributed by atoms with van der Waals surface area (Å²) in [4.78, 5) is 0. The molecule has 0 N–H and O–H groups in total. The van der Waals surface area contributed by atoms with Crippen molar-refractivity contribution in [1.29, 1.82) is 0 Å². The lowest BCUT2D eigenvalue weighted by atomic mass is 9.86. The Bertz CT molecular complexity index is 610. The summed E-state index contributed by atoms with van der Waals surface area (Å²) in [5, 5.41) is 0. The van der Waals surface area contributed by atoms with Gasteiger partial charge < -0.3 is 0 Å². The van der Waals surface area contributed by atoms with Crippen molar-refractivity contribution in [2.24, 2.45) is 34.0 Å². The first-order valence-corrected chi connectivity index (χ1v) is 32.0. The molecule has 0 unspecified atom stereocenters. The fourth-order valence-electron chi connectivity index (χ4n) is 4.10. The van der Waals surface area contributed by atoms with E-state index in [0.29, 0.717) is 16.2 Å². The molecule has 0 bridgehead atoms. The lowest BCUT2D eigenvalue weighted by Gasteiger charge is -2.20. The Kier molecular flexibility index (Phi) is 134. The second-order valence-electron chi connectivity index (χ2n) is 24.3. The van der Waals surface area contributed by atoms with Crippen LogP contribution in [-0.2, 0) is 0 Å². The Labute approximate surface area is 453 Å². The van der Waals surface area contributed by atoms with E-state index < -0.39 is 0 Å². The molecule has 0 aliphatic rings. The molecule has 0 heteroatoms. The van der Waals surface area contributed by atoms with E-state index in [2.05, 4.69) is 228 Å². The third kappa shape index (κ3) is 256. The molecule has 0 rings (SSSR count). The zero-order chi connectivity index (χ0) is 57.4. The van der Waals surface area contributed by atoms with Crippen LogP contribution in [0.4, 0.5) is 0 Å². The average molecular weight is 992 g/mol. The van der Waals surface area contributed by atoms with Gasteiger partial charge in [-0.05, 0) is 40.4 Å². The van der Waals surface area contributed by atoms with E-state index in [1.165, 1.54) is 193 Å². The van der Waals surface area contributed by atoms with Gasteiger partial charge in [0.2, 0.25) is 0 Å². The maximum atomic E-state index is 2.33. The fourth-order valence-corrected chi connectivity index (χ4v) is 4.10. The molecular formula is C69H162. The second kappa shape index (κ2) is 94.0. The lowest BCUT2D eigenvalue weighted by Crippen LogP contribution is -2.07. The van der Waals surface area contributed by atoms with Gasteiger partial charge in [-0.15, -0.1) is 0 Å². The summed E-state index contributed by atoms with van der Waals surface area (Å²) in [6.45, 7) is 73.5. The SMILES string of the molecule is CC(C)(C)C.CCC.CCC(C)(C)C.CCC(C)C.CCC(C)CC.CCCC.CCCC(C)(C)CC.CCCC(C)C.CCCCC.CCCCCC.CCCCCCC.CCCCCCCC. The first-order valence-electron chi connectivity index (χ1n) is 32.0. The minimum absolute atomic E-state index is 0.500. The quantitative estimate of drug-likeness (QED) is 0.0895. The molecule has 0 amide bonds. The molecule has 0 aliphatic heterocycles. The maximum absolute atomic E-state index is 2.33. The van der Waals surface area contributed by atoms with E-state index in [4.69, 9.17) is 0 Å². The van der Waals surface area contributed by atoms with Gasteiger partial charge in [0.1, 0.15) is 0 Å². The molecule has 0 fully saturated rings. The van der Waals surface area contributed by atoms with Crippen molar-refractivity contribution in [3.05, 3.63) is 0 Å². The predicted octanol–water partition coefficient (Wildman–Crippen LogP) is 29.0. The van der Waals surface area contributed by atoms with E-state index in [0.717, 1.165) is 17.8 Å². The van der Waals surface area contributed by atoms with Gasteiger partial charge in [0.05, 0.1) is 0 Å². The van der Waals surface area contributed by atoms with Gasteiger partial charge in [-0.3, -0.25) is 0 Å². The lowest BCUT2D eigenvalue weighted by molar-refractivity contribution is 0.319. The molecule has 69 heavy (non-hydrogen) atoms. The van der Waals surface area contributed by atoms with Crippen LogP contribution in [-0.4, -0.2) is 0 Å². The minimum Gasteiger partial charge on any atom is -0.0656 e. The van der Waals surface area contributed by atoms with E-state index in [9.17, 15) is 0 Å². The van der Waals surface area contributed by atoms with Crippen LogP contribution in [0.15, 0.2) is 0 Å². The van der Waals surface area contributed by atoms with Crippen molar-refractivity contribution in [2.45, 2.75) is 421 Å². The van der Waals surface area contributed by atoms with Crippen LogP contribution in [0.5, 0.6) is 0 Å². The molecule has 0 aromatic rings. The summed E-state index contributed by atoms with van der Waals surface area (Å²) in [5.74, 6) is 2.72. The van der Waals surface area contributed by atoms with E-state index in [1.807, 2.05) is 0 Å². The van der Waals surface area contributed by atoms with Crippen molar-refractivity contribution in [3.8, 4) is 0 Å². The molecule has 0 aliphatic carbocycles. The van der Waals surface area contributed by atoms with E-state index in [-0.39, 0.29) is 0 Å². The van der Waals surface area contributed by atoms with Crippen molar-refractivity contribution in [1.82, 2.24) is 0 Å². The average Bonchev–Trinajstić information content (AvgIpc) is 3.28. The Morgan fingerprint density at radius 3 is 0.580 bits per heavy atom. The van der Waals surface area contributed by atoms with Gasteiger partial charge >= 0.3 is 0 Å². The molecule has 0 saturated carbocycles. The summed E-state index contributed by atoms with van der Waals surface area (Å²) in [6.07, 6.45) is 40.9. The molecular weight excluding hydrogens is 829 g/mol. The van der Waals surface area contributed by atoms with Gasteiger partial charge in [-0.25, -0.2) is 0 Å². The number of unbranched alkanes of at least 4 members (excludes halogenated alkanes) is 15. The third-order valence-electron chi connectivity index (χ3n) is 10.8. The molecule has 0 spiro atoms. The summed E-state index contributed by atoms with van der Waals surface area (Å²) in [6, 6.07) is 0. The molecule has 0 aromatic heterocycles. The summed E-state index contributed by atoms with van der Waals surface area (Å²) < 4.78 is 0.